The normalized spacial score (nSPS) is 11.0. The monoisotopic (exact) mass is 370 g/mol. The standard InChI is InChI=1S/C15H12ClFN2O6/c1-8-18-6-9(23-8)7-22-12-5-13-11(4-10(12)16)19(15(21)24-13)3-2-14(20)25-17/h4-6H,2-3,7H2,1H3. The molecule has 0 radical (unpaired) electrons. The van der Waals surface area contributed by atoms with Gasteiger partial charge in [0.1, 0.15) is 12.4 Å². The summed E-state index contributed by atoms with van der Waals surface area (Å²) in [7, 11) is 0. The number of aromatic nitrogens is 2. The smallest absolute Gasteiger partial charge is 0.419 e. The van der Waals surface area contributed by atoms with Crippen LogP contribution >= 0.6 is 11.6 Å². The molecule has 8 nitrogen and oxygen atoms in total. The molecule has 0 fully saturated rings. The van der Waals surface area contributed by atoms with Crippen molar-refractivity contribution in [2.45, 2.75) is 26.5 Å². The topological polar surface area (TPSA) is 96.7 Å². The summed E-state index contributed by atoms with van der Waals surface area (Å²) in [5.74, 6) is -0.491. The minimum Gasteiger partial charge on any atom is -0.484 e. The van der Waals surface area contributed by atoms with Crippen LogP contribution in [0.15, 0.2) is 32.0 Å². The number of hydrogen-bond donors (Lipinski definition) is 0. The Balaban J connectivity index is 1.84. The first-order valence-electron chi connectivity index (χ1n) is 7.16. The second-order valence-electron chi connectivity index (χ2n) is 5.10. The van der Waals surface area contributed by atoms with Gasteiger partial charge in [0.2, 0.25) is 0 Å². The highest BCUT2D eigenvalue weighted by Gasteiger charge is 2.15. The molecule has 0 aliphatic heterocycles. The first-order valence-corrected chi connectivity index (χ1v) is 7.54. The van der Waals surface area contributed by atoms with Crippen LogP contribution in [0.1, 0.15) is 18.1 Å². The van der Waals surface area contributed by atoms with Crippen LogP contribution in [0.5, 0.6) is 5.75 Å². The largest absolute Gasteiger partial charge is 0.484 e. The maximum Gasteiger partial charge on any atom is 0.419 e. The minimum atomic E-state index is -1.09. The van der Waals surface area contributed by atoms with E-state index in [1.54, 1.807) is 6.92 Å². The second-order valence-corrected chi connectivity index (χ2v) is 5.51. The van der Waals surface area contributed by atoms with Crippen LogP contribution in [0, 0.1) is 6.92 Å². The quantitative estimate of drug-likeness (QED) is 0.658. The lowest BCUT2D eigenvalue weighted by Crippen LogP contribution is -2.16. The van der Waals surface area contributed by atoms with E-state index in [1.165, 1.54) is 18.3 Å². The van der Waals surface area contributed by atoms with Crippen molar-refractivity contribution in [1.29, 1.82) is 0 Å². The highest BCUT2D eigenvalue weighted by Crippen LogP contribution is 2.30. The Morgan fingerprint density at radius 2 is 2.20 bits per heavy atom. The predicted molar refractivity (Wildman–Crippen MR) is 82.9 cm³/mol. The molecule has 3 rings (SSSR count). The van der Waals surface area contributed by atoms with E-state index in [-0.39, 0.29) is 35.9 Å². The summed E-state index contributed by atoms with van der Waals surface area (Å²) in [6.07, 6.45) is 1.20. The number of nitrogens with zero attached hydrogens (tertiary/aromatic N) is 2. The summed E-state index contributed by atoms with van der Waals surface area (Å²) in [4.78, 5) is 29.8. The minimum absolute atomic E-state index is 0.0966. The van der Waals surface area contributed by atoms with Gasteiger partial charge in [-0.25, -0.2) is 14.6 Å². The third-order valence-corrected chi connectivity index (χ3v) is 3.68. The molecule has 0 aliphatic carbocycles. The molecular weight excluding hydrogens is 359 g/mol. The van der Waals surface area contributed by atoms with Crippen molar-refractivity contribution < 1.29 is 27.8 Å². The number of carbonyl (C=O) groups is 1. The van der Waals surface area contributed by atoms with Crippen molar-refractivity contribution in [3.05, 3.63) is 45.6 Å². The zero-order valence-electron chi connectivity index (χ0n) is 13.0. The van der Waals surface area contributed by atoms with E-state index in [0.29, 0.717) is 17.2 Å². The third kappa shape index (κ3) is 3.66. The van der Waals surface area contributed by atoms with Crippen LogP contribution in [-0.4, -0.2) is 15.5 Å². The number of halogens is 2. The van der Waals surface area contributed by atoms with Crippen LogP contribution in [0.25, 0.3) is 11.1 Å². The fourth-order valence-corrected chi connectivity index (χ4v) is 2.46. The molecule has 2 aromatic heterocycles. The van der Waals surface area contributed by atoms with E-state index >= 15 is 0 Å². The van der Waals surface area contributed by atoms with Crippen molar-refractivity contribution in [1.82, 2.24) is 9.55 Å². The molecule has 3 aromatic rings. The van der Waals surface area contributed by atoms with Gasteiger partial charge in [-0.2, -0.15) is 0 Å². The molecule has 25 heavy (non-hydrogen) atoms. The molecule has 1 aromatic carbocycles. The van der Waals surface area contributed by atoms with Gasteiger partial charge in [-0.15, -0.1) is 0 Å². The van der Waals surface area contributed by atoms with E-state index in [4.69, 9.17) is 25.2 Å². The zero-order chi connectivity index (χ0) is 18.0. The fraction of sp³-hybridized carbons (Fsp3) is 0.267. The van der Waals surface area contributed by atoms with E-state index < -0.39 is 11.7 Å². The van der Waals surface area contributed by atoms with Crippen LogP contribution in [-0.2, 0) is 22.9 Å². The molecule has 0 atom stereocenters. The number of aryl methyl sites for hydroxylation is 2. The third-order valence-electron chi connectivity index (χ3n) is 3.39. The number of oxazole rings is 2. The molecule has 0 saturated heterocycles. The number of rotatable bonds is 6. The van der Waals surface area contributed by atoms with E-state index in [9.17, 15) is 14.1 Å². The predicted octanol–water partition coefficient (Wildman–Crippen LogP) is 2.94. The summed E-state index contributed by atoms with van der Waals surface area (Å²) in [5.41, 5.74) is 0.566. The molecule has 0 aliphatic rings. The van der Waals surface area contributed by atoms with Gasteiger partial charge in [0, 0.05) is 24.1 Å². The van der Waals surface area contributed by atoms with E-state index in [0.717, 1.165) is 4.57 Å². The van der Waals surface area contributed by atoms with Crippen molar-refractivity contribution in [2.75, 3.05) is 0 Å². The lowest BCUT2D eigenvalue weighted by molar-refractivity contribution is -0.183. The number of carbonyl (C=O) groups excluding carboxylic acids is 1. The first-order chi connectivity index (χ1) is 12.0. The molecule has 0 N–H and O–H groups in total. The van der Waals surface area contributed by atoms with Crippen LogP contribution in [0.3, 0.4) is 0 Å². The molecule has 0 unspecified atom stereocenters. The Morgan fingerprint density at radius 3 is 2.88 bits per heavy atom. The van der Waals surface area contributed by atoms with Gasteiger partial charge in [0.15, 0.2) is 17.2 Å². The number of ether oxygens (including phenoxy) is 1. The summed E-state index contributed by atoms with van der Waals surface area (Å²) >= 11 is 6.17. The SMILES string of the molecule is Cc1ncc(COc2cc3oc(=O)n(CCC(=O)OF)c3cc2Cl)o1. The molecule has 0 bridgehead atoms. The summed E-state index contributed by atoms with van der Waals surface area (Å²) in [6.45, 7) is 1.69. The first kappa shape index (κ1) is 17.0. The Kier molecular flexibility index (Phi) is 4.75. The Morgan fingerprint density at radius 1 is 1.40 bits per heavy atom. The average molecular weight is 371 g/mol. The highest BCUT2D eigenvalue weighted by atomic mass is 35.5. The van der Waals surface area contributed by atoms with E-state index in [2.05, 4.69) is 9.93 Å². The zero-order valence-corrected chi connectivity index (χ0v) is 13.7. The fourth-order valence-electron chi connectivity index (χ4n) is 2.25. The molecule has 0 amide bonds. The lowest BCUT2D eigenvalue weighted by Gasteiger charge is -2.07. The van der Waals surface area contributed by atoms with Crippen LogP contribution in [0.2, 0.25) is 5.02 Å². The van der Waals surface area contributed by atoms with Gasteiger partial charge in [-0.3, -0.25) is 9.51 Å². The van der Waals surface area contributed by atoms with Crippen LogP contribution < -0.4 is 10.5 Å². The molecule has 2 heterocycles. The summed E-state index contributed by atoms with van der Waals surface area (Å²) < 4.78 is 28.9. The van der Waals surface area contributed by atoms with Gasteiger partial charge in [-0.05, 0) is 6.07 Å². The van der Waals surface area contributed by atoms with Crippen molar-refractivity contribution in [2.24, 2.45) is 0 Å². The Hall–Kier alpha value is -2.81. The number of benzene rings is 1. The average Bonchev–Trinajstić information content (AvgIpc) is 3.13. The molecule has 0 spiro atoms. The summed E-state index contributed by atoms with van der Waals surface area (Å²) in [6, 6.07) is 2.91. The maximum atomic E-state index is 11.9. The Bertz CT molecular complexity index is 976. The van der Waals surface area contributed by atoms with Crippen LogP contribution in [0.4, 0.5) is 4.53 Å². The van der Waals surface area contributed by atoms with Gasteiger partial charge in [0.05, 0.1) is 23.2 Å². The van der Waals surface area contributed by atoms with Gasteiger partial charge in [0.25, 0.3) is 0 Å². The van der Waals surface area contributed by atoms with Crippen molar-refractivity contribution in [3.63, 3.8) is 0 Å². The molecule has 0 saturated carbocycles. The Labute approximate surface area is 144 Å². The van der Waals surface area contributed by atoms with E-state index in [1.807, 2.05) is 0 Å². The maximum absolute atomic E-state index is 11.9. The number of fused-ring (bicyclic) bond motifs is 1. The molecular formula is C15H12ClFN2O6. The number of hydrogen-bond acceptors (Lipinski definition) is 7. The summed E-state index contributed by atoms with van der Waals surface area (Å²) in [5, 5.41) is 0.228. The van der Waals surface area contributed by atoms with Crippen molar-refractivity contribution in [3.8, 4) is 5.75 Å². The van der Waals surface area contributed by atoms with Gasteiger partial charge >= 0.3 is 11.7 Å². The van der Waals surface area contributed by atoms with Crippen molar-refractivity contribution >= 4 is 28.7 Å². The second kappa shape index (κ2) is 6.98. The lowest BCUT2D eigenvalue weighted by atomic mass is 10.3. The molecule has 132 valence electrons. The van der Waals surface area contributed by atoms with Gasteiger partial charge in [-0.1, -0.05) is 11.6 Å². The molecule has 10 heteroatoms. The van der Waals surface area contributed by atoms with Gasteiger partial charge < -0.3 is 13.6 Å². The highest BCUT2D eigenvalue weighted by molar-refractivity contribution is 6.32.